The molecule has 0 bridgehead atoms. The molecule has 0 radical (unpaired) electrons. The molecule has 0 saturated heterocycles. The second-order valence-corrected chi connectivity index (χ2v) is 3.92. The van der Waals surface area contributed by atoms with Crippen molar-refractivity contribution in [3.8, 4) is 0 Å². The van der Waals surface area contributed by atoms with Gasteiger partial charge < -0.3 is 10.0 Å². The van der Waals surface area contributed by atoms with Gasteiger partial charge in [0.25, 0.3) is 0 Å². The minimum absolute atomic E-state index is 0.0259. The Labute approximate surface area is 101 Å². The largest absolute Gasteiger partial charge is 0.481 e. The number of hydrogen-bond acceptors (Lipinski definition) is 2. The van der Waals surface area contributed by atoms with Gasteiger partial charge in [0.05, 0.1) is 5.92 Å². The van der Waals surface area contributed by atoms with E-state index < -0.39 is 11.9 Å². The number of carbonyl (C=O) groups is 2. The predicted molar refractivity (Wildman–Crippen MR) is 65.9 cm³/mol. The Balaban J connectivity index is 2.75. The first kappa shape index (κ1) is 13.2. The number of carboxylic acids is 1. The summed E-state index contributed by atoms with van der Waals surface area (Å²) in [6, 6.07) is 9.26. The average Bonchev–Trinajstić information content (AvgIpc) is 2.31. The number of carbonyl (C=O) groups excluding carboxylic acids is 1. The molecule has 92 valence electrons. The van der Waals surface area contributed by atoms with Crippen LogP contribution in [0.15, 0.2) is 30.3 Å². The Morgan fingerprint density at radius 2 is 1.88 bits per heavy atom. The molecule has 1 unspecified atom stereocenters. The third kappa shape index (κ3) is 3.59. The molecule has 0 saturated carbocycles. The van der Waals surface area contributed by atoms with Gasteiger partial charge in [-0.15, -0.1) is 0 Å². The fraction of sp³-hybridized carbons (Fsp3) is 0.385. The molecule has 1 rings (SSSR count). The van der Waals surface area contributed by atoms with E-state index in [9.17, 15) is 9.59 Å². The number of nitrogens with zero attached hydrogens (tertiary/aromatic N) is 1. The fourth-order valence-electron chi connectivity index (χ4n) is 1.57. The molecule has 4 nitrogen and oxygen atoms in total. The highest BCUT2D eigenvalue weighted by molar-refractivity contribution is 5.95. The lowest BCUT2D eigenvalue weighted by atomic mass is 10.1. The molecule has 1 aromatic carbocycles. The van der Waals surface area contributed by atoms with Crippen LogP contribution in [-0.4, -0.2) is 23.5 Å². The maximum atomic E-state index is 12.0. The zero-order chi connectivity index (χ0) is 12.8. The average molecular weight is 235 g/mol. The Hall–Kier alpha value is -1.84. The number of anilines is 1. The molecule has 0 aliphatic heterocycles. The highest BCUT2D eigenvalue weighted by atomic mass is 16.4. The summed E-state index contributed by atoms with van der Waals surface area (Å²) >= 11 is 0. The number of rotatable bonds is 5. The molecule has 1 amide bonds. The molecule has 1 atom stereocenters. The van der Waals surface area contributed by atoms with Gasteiger partial charge in [0.2, 0.25) is 5.91 Å². The first-order valence-corrected chi connectivity index (χ1v) is 5.64. The lowest BCUT2D eigenvalue weighted by Crippen LogP contribution is -2.32. The minimum atomic E-state index is -0.942. The minimum Gasteiger partial charge on any atom is -0.481 e. The van der Waals surface area contributed by atoms with Crippen LogP contribution in [0.3, 0.4) is 0 Å². The van der Waals surface area contributed by atoms with Crippen molar-refractivity contribution in [1.29, 1.82) is 0 Å². The topological polar surface area (TPSA) is 57.6 Å². The van der Waals surface area contributed by atoms with E-state index in [0.717, 1.165) is 5.69 Å². The van der Waals surface area contributed by atoms with Crippen molar-refractivity contribution < 1.29 is 14.7 Å². The van der Waals surface area contributed by atoms with Crippen molar-refractivity contribution >= 4 is 17.6 Å². The number of para-hydroxylation sites is 1. The maximum absolute atomic E-state index is 12.0. The molecule has 0 aliphatic rings. The molecule has 17 heavy (non-hydrogen) atoms. The van der Waals surface area contributed by atoms with Gasteiger partial charge in [-0.25, -0.2) is 0 Å². The third-order valence-electron chi connectivity index (χ3n) is 2.59. The first-order chi connectivity index (χ1) is 8.06. The number of carboxylic acid groups (broad SMARTS) is 1. The number of amides is 1. The molecule has 0 aliphatic carbocycles. The van der Waals surface area contributed by atoms with Crippen LogP contribution in [0.2, 0.25) is 0 Å². The van der Waals surface area contributed by atoms with Crippen LogP contribution in [0.1, 0.15) is 20.3 Å². The van der Waals surface area contributed by atoms with E-state index in [1.165, 1.54) is 0 Å². The Kier molecular flexibility index (Phi) is 4.69. The molecule has 0 spiro atoms. The summed E-state index contributed by atoms with van der Waals surface area (Å²) in [5.74, 6) is -1.75. The van der Waals surface area contributed by atoms with E-state index in [1.54, 1.807) is 11.8 Å². The molecular formula is C13H17NO3. The Bertz CT molecular complexity index is 389. The second kappa shape index (κ2) is 6.03. The second-order valence-electron chi connectivity index (χ2n) is 3.92. The van der Waals surface area contributed by atoms with Crippen LogP contribution >= 0.6 is 0 Å². The number of aliphatic carboxylic acids is 1. The summed E-state index contributed by atoms with van der Waals surface area (Å²) in [6.07, 6.45) is 0.0259. The lowest BCUT2D eigenvalue weighted by molar-refractivity contribution is -0.143. The van der Waals surface area contributed by atoms with E-state index >= 15 is 0 Å². The first-order valence-electron chi connectivity index (χ1n) is 5.64. The SMILES string of the molecule is CCN(C(=O)CC(C)C(=O)O)c1ccccc1. The summed E-state index contributed by atoms with van der Waals surface area (Å²) < 4.78 is 0. The van der Waals surface area contributed by atoms with Crippen LogP contribution in [0.25, 0.3) is 0 Å². The van der Waals surface area contributed by atoms with E-state index in [0.29, 0.717) is 6.54 Å². The lowest BCUT2D eigenvalue weighted by Gasteiger charge is -2.21. The van der Waals surface area contributed by atoms with Gasteiger partial charge >= 0.3 is 5.97 Å². The highest BCUT2D eigenvalue weighted by Gasteiger charge is 2.20. The van der Waals surface area contributed by atoms with Crippen LogP contribution in [0, 0.1) is 5.92 Å². The summed E-state index contributed by atoms with van der Waals surface area (Å²) in [5.41, 5.74) is 0.803. The predicted octanol–water partition coefficient (Wildman–Crippen LogP) is 2.15. The maximum Gasteiger partial charge on any atom is 0.306 e. The fourth-order valence-corrected chi connectivity index (χ4v) is 1.57. The van der Waals surface area contributed by atoms with Gasteiger partial charge in [-0.1, -0.05) is 25.1 Å². The molecule has 1 N–H and O–H groups in total. The van der Waals surface area contributed by atoms with Gasteiger partial charge in [0.15, 0.2) is 0 Å². The smallest absolute Gasteiger partial charge is 0.306 e. The van der Waals surface area contributed by atoms with Gasteiger partial charge in [-0.3, -0.25) is 9.59 Å². The van der Waals surface area contributed by atoms with Gasteiger partial charge in [0.1, 0.15) is 0 Å². The van der Waals surface area contributed by atoms with Gasteiger partial charge in [0, 0.05) is 18.7 Å². The number of benzene rings is 1. The van der Waals surface area contributed by atoms with Gasteiger partial charge in [-0.2, -0.15) is 0 Å². The van der Waals surface area contributed by atoms with E-state index in [1.807, 2.05) is 37.3 Å². The Morgan fingerprint density at radius 1 is 1.29 bits per heavy atom. The van der Waals surface area contributed by atoms with E-state index in [2.05, 4.69) is 0 Å². The summed E-state index contributed by atoms with van der Waals surface area (Å²) in [5, 5.41) is 8.79. The molecule has 0 fully saturated rings. The molecule has 4 heteroatoms. The van der Waals surface area contributed by atoms with Crippen LogP contribution in [-0.2, 0) is 9.59 Å². The highest BCUT2D eigenvalue weighted by Crippen LogP contribution is 2.16. The zero-order valence-corrected chi connectivity index (χ0v) is 10.1. The molecule has 0 aromatic heterocycles. The van der Waals surface area contributed by atoms with Crippen LogP contribution < -0.4 is 4.90 Å². The Morgan fingerprint density at radius 3 is 2.35 bits per heavy atom. The van der Waals surface area contributed by atoms with Crippen molar-refractivity contribution in [2.75, 3.05) is 11.4 Å². The quantitative estimate of drug-likeness (QED) is 0.850. The monoisotopic (exact) mass is 235 g/mol. The standard InChI is InChI=1S/C13H17NO3/c1-3-14(11-7-5-4-6-8-11)12(15)9-10(2)13(16)17/h4-8,10H,3,9H2,1-2H3,(H,16,17). The summed E-state index contributed by atoms with van der Waals surface area (Å²) in [6.45, 7) is 3.95. The van der Waals surface area contributed by atoms with Crippen molar-refractivity contribution in [3.05, 3.63) is 30.3 Å². The van der Waals surface area contributed by atoms with Crippen molar-refractivity contribution in [3.63, 3.8) is 0 Å². The van der Waals surface area contributed by atoms with Crippen molar-refractivity contribution in [2.24, 2.45) is 5.92 Å². The van der Waals surface area contributed by atoms with E-state index in [4.69, 9.17) is 5.11 Å². The summed E-state index contributed by atoms with van der Waals surface area (Å²) in [4.78, 5) is 24.3. The zero-order valence-electron chi connectivity index (χ0n) is 10.1. The normalized spacial score (nSPS) is 11.9. The van der Waals surface area contributed by atoms with Crippen molar-refractivity contribution in [2.45, 2.75) is 20.3 Å². The molecule has 0 heterocycles. The van der Waals surface area contributed by atoms with Crippen LogP contribution in [0.5, 0.6) is 0 Å². The summed E-state index contributed by atoms with van der Waals surface area (Å²) in [7, 11) is 0. The molecular weight excluding hydrogens is 218 g/mol. The van der Waals surface area contributed by atoms with Gasteiger partial charge in [-0.05, 0) is 19.1 Å². The van der Waals surface area contributed by atoms with Crippen molar-refractivity contribution in [1.82, 2.24) is 0 Å². The number of hydrogen-bond donors (Lipinski definition) is 1. The molecule has 1 aromatic rings. The van der Waals surface area contributed by atoms with Crippen LogP contribution in [0.4, 0.5) is 5.69 Å². The third-order valence-corrected chi connectivity index (χ3v) is 2.59. The van der Waals surface area contributed by atoms with E-state index in [-0.39, 0.29) is 12.3 Å².